The summed E-state index contributed by atoms with van der Waals surface area (Å²) in [5.41, 5.74) is 6.47. The predicted octanol–water partition coefficient (Wildman–Crippen LogP) is 2.07. The Balaban J connectivity index is 2.15. The van der Waals surface area contributed by atoms with E-state index in [0.29, 0.717) is 17.7 Å². The second-order valence-corrected chi connectivity index (χ2v) is 5.53. The molecule has 3 nitrogen and oxygen atoms in total. The van der Waals surface area contributed by atoms with Crippen molar-refractivity contribution in [3.63, 3.8) is 0 Å². The van der Waals surface area contributed by atoms with E-state index in [1.807, 2.05) is 13.8 Å². The average Bonchev–Trinajstić information content (AvgIpc) is 2.30. The van der Waals surface area contributed by atoms with E-state index in [-0.39, 0.29) is 23.0 Å². The van der Waals surface area contributed by atoms with E-state index in [1.54, 1.807) is 18.2 Å². The lowest BCUT2D eigenvalue weighted by Gasteiger charge is -2.35. The van der Waals surface area contributed by atoms with Gasteiger partial charge >= 0.3 is 0 Å². The Morgan fingerprint density at radius 2 is 2.05 bits per heavy atom. The zero-order valence-corrected chi connectivity index (χ0v) is 12.0. The average molecular weight is 282 g/mol. The van der Waals surface area contributed by atoms with Gasteiger partial charge in [0.25, 0.3) is 0 Å². The number of hydrogen-bond donors (Lipinski definition) is 1. The van der Waals surface area contributed by atoms with Crippen LogP contribution in [-0.4, -0.2) is 35.2 Å². The molecule has 2 unspecified atom stereocenters. The number of thiocarbonyl (C=S) groups is 1. The van der Waals surface area contributed by atoms with Gasteiger partial charge in [-0.05, 0) is 19.9 Å². The molecule has 0 spiro atoms. The number of morpholine rings is 1. The quantitative estimate of drug-likeness (QED) is 0.861. The Morgan fingerprint density at radius 3 is 2.63 bits per heavy atom. The van der Waals surface area contributed by atoms with Gasteiger partial charge in [-0.25, -0.2) is 4.39 Å². The van der Waals surface area contributed by atoms with E-state index in [0.717, 1.165) is 13.1 Å². The minimum atomic E-state index is -0.304. The summed E-state index contributed by atoms with van der Waals surface area (Å²) in [5.74, 6) is -0.304. The van der Waals surface area contributed by atoms with E-state index < -0.39 is 0 Å². The van der Waals surface area contributed by atoms with Crippen LogP contribution in [0.1, 0.15) is 25.0 Å². The Morgan fingerprint density at radius 1 is 1.42 bits per heavy atom. The maximum Gasteiger partial charge on any atom is 0.137 e. The number of rotatable bonds is 3. The zero-order valence-electron chi connectivity index (χ0n) is 11.2. The highest BCUT2D eigenvalue weighted by Crippen LogP contribution is 2.18. The van der Waals surface area contributed by atoms with E-state index >= 15 is 0 Å². The van der Waals surface area contributed by atoms with Crippen LogP contribution in [0.25, 0.3) is 0 Å². The maximum absolute atomic E-state index is 14.2. The molecular formula is C14H19FN2OS. The summed E-state index contributed by atoms with van der Waals surface area (Å²) >= 11 is 4.86. The van der Waals surface area contributed by atoms with Crippen molar-refractivity contribution in [3.8, 4) is 0 Å². The molecule has 0 amide bonds. The van der Waals surface area contributed by atoms with Gasteiger partial charge in [-0.2, -0.15) is 0 Å². The van der Waals surface area contributed by atoms with Crippen LogP contribution in [0, 0.1) is 5.82 Å². The molecule has 1 fully saturated rings. The second-order valence-electron chi connectivity index (χ2n) is 5.09. The summed E-state index contributed by atoms with van der Waals surface area (Å²) < 4.78 is 19.9. The molecular weight excluding hydrogens is 263 g/mol. The first-order valence-corrected chi connectivity index (χ1v) is 6.83. The first kappa shape index (κ1) is 14.4. The van der Waals surface area contributed by atoms with Crippen LogP contribution in [0.15, 0.2) is 18.2 Å². The highest BCUT2D eigenvalue weighted by Gasteiger charge is 2.23. The summed E-state index contributed by atoms with van der Waals surface area (Å²) in [6.45, 7) is 6.23. The third-order valence-electron chi connectivity index (χ3n) is 3.23. The molecule has 2 rings (SSSR count). The second kappa shape index (κ2) is 5.94. The first-order chi connectivity index (χ1) is 8.97. The monoisotopic (exact) mass is 282 g/mol. The fourth-order valence-electron chi connectivity index (χ4n) is 2.55. The molecule has 19 heavy (non-hydrogen) atoms. The van der Waals surface area contributed by atoms with E-state index in [4.69, 9.17) is 22.7 Å². The summed E-state index contributed by atoms with van der Waals surface area (Å²) in [6, 6.07) is 5.19. The summed E-state index contributed by atoms with van der Waals surface area (Å²) in [6.07, 6.45) is 0.344. The van der Waals surface area contributed by atoms with Crippen molar-refractivity contribution in [1.29, 1.82) is 0 Å². The highest BCUT2D eigenvalue weighted by atomic mass is 32.1. The SMILES string of the molecule is CC1CN(Cc2cccc(C(N)=S)c2F)CC(C)O1. The predicted molar refractivity (Wildman–Crippen MR) is 77.6 cm³/mol. The number of halogens is 1. The summed E-state index contributed by atoms with van der Waals surface area (Å²) in [4.78, 5) is 2.30. The summed E-state index contributed by atoms with van der Waals surface area (Å²) in [5, 5.41) is 0. The third-order valence-corrected chi connectivity index (χ3v) is 3.45. The van der Waals surface area contributed by atoms with Crippen molar-refractivity contribution >= 4 is 17.2 Å². The van der Waals surface area contributed by atoms with Crippen LogP contribution in [0.2, 0.25) is 0 Å². The van der Waals surface area contributed by atoms with Gasteiger partial charge in [-0.1, -0.05) is 24.4 Å². The van der Waals surface area contributed by atoms with Gasteiger partial charge in [0.1, 0.15) is 10.8 Å². The van der Waals surface area contributed by atoms with Crippen LogP contribution in [-0.2, 0) is 11.3 Å². The molecule has 0 aromatic heterocycles. The Bertz CT molecular complexity index is 471. The maximum atomic E-state index is 14.2. The molecule has 1 heterocycles. The topological polar surface area (TPSA) is 38.5 Å². The van der Waals surface area contributed by atoms with Crippen molar-refractivity contribution in [2.45, 2.75) is 32.6 Å². The van der Waals surface area contributed by atoms with Crippen LogP contribution in [0.4, 0.5) is 4.39 Å². The summed E-state index contributed by atoms with van der Waals surface area (Å²) in [7, 11) is 0. The molecule has 2 N–H and O–H groups in total. The molecule has 5 heteroatoms. The van der Waals surface area contributed by atoms with Crippen molar-refractivity contribution in [1.82, 2.24) is 4.90 Å². The lowest BCUT2D eigenvalue weighted by atomic mass is 10.1. The minimum absolute atomic E-state index is 0.100. The van der Waals surface area contributed by atoms with E-state index in [9.17, 15) is 4.39 Å². The molecule has 104 valence electrons. The van der Waals surface area contributed by atoms with Gasteiger partial charge in [0.15, 0.2) is 0 Å². The number of nitrogens with two attached hydrogens (primary N) is 1. The largest absolute Gasteiger partial charge is 0.389 e. The van der Waals surface area contributed by atoms with Gasteiger partial charge in [0.2, 0.25) is 0 Å². The zero-order chi connectivity index (χ0) is 14.0. The van der Waals surface area contributed by atoms with Gasteiger partial charge in [-0.15, -0.1) is 0 Å². The Hall–Kier alpha value is -1.04. The first-order valence-electron chi connectivity index (χ1n) is 6.42. The molecule has 1 saturated heterocycles. The molecule has 0 radical (unpaired) electrons. The van der Waals surface area contributed by atoms with E-state index in [2.05, 4.69) is 4.90 Å². The Labute approximate surface area is 118 Å². The molecule has 1 aliphatic heterocycles. The van der Waals surface area contributed by atoms with Crippen LogP contribution in [0.5, 0.6) is 0 Å². The third kappa shape index (κ3) is 3.49. The molecule has 1 aromatic carbocycles. The van der Waals surface area contributed by atoms with Crippen molar-refractivity contribution in [2.24, 2.45) is 5.73 Å². The van der Waals surface area contributed by atoms with Gasteiger partial charge < -0.3 is 10.5 Å². The number of benzene rings is 1. The molecule has 0 saturated carbocycles. The standard InChI is InChI=1S/C14H19FN2OS/c1-9-6-17(7-10(2)18-9)8-11-4-3-5-12(13(11)15)14(16)19/h3-5,9-10H,6-8H2,1-2H3,(H2,16,19). The fourth-order valence-corrected chi connectivity index (χ4v) is 2.70. The number of hydrogen-bond acceptors (Lipinski definition) is 3. The number of nitrogens with zero attached hydrogens (tertiary/aromatic N) is 1. The lowest BCUT2D eigenvalue weighted by molar-refractivity contribution is -0.0707. The minimum Gasteiger partial charge on any atom is -0.389 e. The molecule has 1 aromatic rings. The fraction of sp³-hybridized carbons (Fsp3) is 0.500. The van der Waals surface area contributed by atoms with E-state index in [1.165, 1.54) is 0 Å². The van der Waals surface area contributed by atoms with Gasteiger partial charge in [0.05, 0.1) is 12.2 Å². The Kier molecular flexibility index (Phi) is 4.50. The van der Waals surface area contributed by atoms with Gasteiger partial charge in [-0.3, -0.25) is 4.90 Å². The molecule has 1 aliphatic rings. The van der Waals surface area contributed by atoms with Crippen molar-refractivity contribution in [2.75, 3.05) is 13.1 Å². The normalized spacial score (nSPS) is 24.4. The highest BCUT2D eigenvalue weighted by molar-refractivity contribution is 7.80. The molecule has 0 aliphatic carbocycles. The van der Waals surface area contributed by atoms with Crippen LogP contribution in [0.3, 0.4) is 0 Å². The smallest absolute Gasteiger partial charge is 0.137 e. The van der Waals surface area contributed by atoms with Gasteiger partial charge in [0, 0.05) is 30.8 Å². The molecule has 0 bridgehead atoms. The van der Waals surface area contributed by atoms with Crippen molar-refractivity contribution in [3.05, 3.63) is 35.1 Å². The number of ether oxygens (including phenoxy) is 1. The van der Waals surface area contributed by atoms with Crippen LogP contribution >= 0.6 is 12.2 Å². The molecule has 2 atom stereocenters. The lowest BCUT2D eigenvalue weighted by Crippen LogP contribution is -2.45. The van der Waals surface area contributed by atoms with Crippen molar-refractivity contribution < 1.29 is 9.13 Å². The van der Waals surface area contributed by atoms with Crippen LogP contribution < -0.4 is 5.73 Å².